The predicted octanol–water partition coefficient (Wildman–Crippen LogP) is 2.32. The quantitative estimate of drug-likeness (QED) is 0.595. The number of hydrogen-bond donors (Lipinski definition) is 2. The average molecular weight is 228 g/mol. The van der Waals surface area contributed by atoms with Crippen molar-refractivity contribution in [2.24, 2.45) is 5.92 Å². The van der Waals surface area contributed by atoms with Gasteiger partial charge < -0.3 is 10.6 Å². The van der Waals surface area contributed by atoms with Gasteiger partial charge in [0.25, 0.3) is 0 Å². The Kier molecular flexibility index (Phi) is 9.30. The van der Waals surface area contributed by atoms with Crippen LogP contribution in [0.4, 0.5) is 0 Å². The number of carbonyl (C=O) groups excluding carboxylic acids is 1. The summed E-state index contributed by atoms with van der Waals surface area (Å²) < 4.78 is 0. The fourth-order valence-electron chi connectivity index (χ4n) is 1.46. The van der Waals surface area contributed by atoms with E-state index in [-0.39, 0.29) is 11.9 Å². The van der Waals surface area contributed by atoms with Gasteiger partial charge in [-0.3, -0.25) is 4.79 Å². The number of unbranched alkanes of at least 4 members (excludes halogenated alkanes) is 1. The molecule has 0 heterocycles. The van der Waals surface area contributed by atoms with E-state index in [1.165, 1.54) is 6.42 Å². The topological polar surface area (TPSA) is 41.1 Å². The second-order valence-electron chi connectivity index (χ2n) is 4.86. The molecule has 0 aromatic carbocycles. The summed E-state index contributed by atoms with van der Waals surface area (Å²) in [5, 5.41) is 6.18. The highest BCUT2D eigenvalue weighted by atomic mass is 16.2. The third-order valence-corrected chi connectivity index (χ3v) is 2.63. The third kappa shape index (κ3) is 8.72. The van der Waals surface area contributed by atoms with Gasteiger partial charge in [-0.2, -0.15) is 0 Å². The van der Waals surface area contributed by atoms with Crippen LogP contribution in [-0.2, 0) is 4.79 Å². The lowest BCUT2D eigenvalue weighted by Gasteiger charge is -2.14. The van der Waals surface area contributed by atoms with Crippen LogP contribution in [0.15, 0.2) is 0 Å². The summed E-state index contributed by atoms with van der Waals surface area (Å²) in [6, 6.07) is -0.0657. The molecule has 0 saturated heterocycles. The number of rotatable bonds is 9. The van der Waals surface area contributed by atoms with E-state index in [4.69, 9.17) is 0 Å². The maximum absolute atomic E-state index is 11.6. The molecule has 96 valence electrons. The number of amides is 1. The maximum atomic E-state index is 11.6. The van der Waals surface area contributed by atoms with Gasteiger partial charge in [-0.1, -0.05) is 27.2 Å². The molecule has 0 aliphatic rings. The van der Waals surface area contributed by atoms with Gasteiger partial charge in [0.2, 0.25) is 5.91 Å². The van der Waals surface area contributed by atoms with Gasteiger partial charge in [-0.05, 0) is 38.6 Å². The first-order valence-corrected chi connectivity index (χ1v) is 6.59. The van der Waals surface area contributed by atoms with E-state index < -0.39 is 0 Å². The van der Waals surface area contributed by atoms with Crippen LogP contribution in [0.2, 0.25) is 0 Å². The zero-order valence-corrected chi connectivity index (χ0v) is 11.3. The Bertz CT molecular complexity index is 181. The molecule has 0 spiro atoms. The van der Waals surface area contributed by atoms with E-state index >= 15 is 0 Å². The Hall–Kier alpha value is -0.570. The summed E-state index contributed by atoms with van der Waals surface area (Å²) in [5.41, 5.74) is 0. The first-order chi connectivity index (χ1) is 7.57. The van der Waals surface area contributed by atoms with E-state index in [0.717, 1.165) is 38.3 Å². The highest BCUT2D eigenvalue weighted by Crippen LogP contribution is 2.01. The van der Waals surface area contributed by atoms with Crippen molar-refractivity contribution in [2.45, 2.75) is 59.4 Å². The molecule has 0 fully saturated rings. The molecule has 16 heavy (non-hydrogen) atoms. The molecule has 2 N–H and O–H groups in total. The van der Waals surface area contributed by atoms with Gasteiger partial charge >= 0.3 is 0 Å². The summed E-state index contributed by atoms with van der Waals surface area (Å²) in [5.74, 6) is 0.869. The Morgan fingerprint density at radius 2 is 1.81 bits per heavy atom. The van der Waals surface area contributed by atoms with E-state index in [9.17, 15) is 4.79 Å². The Labute approximate surface area is 100 Å². The molecule has 0 bridgehead atoms. The van der Waals surface area contributed by atoms with Crippen molar-refractivity contribution in [3.8, 4) is 0 Å². The van der Waals surface area contributed by atoms with Crippen molar-refractivity contribution in [1.29, 1.82) is 0 Å². The molecule has 0 aromatic heterocycles. The Balaban J connectivity index is 3.47. The van der Waals surface area contributed by atoms with Crippen LogP contribution in [0.5, 0.6) is 0 Å². The van der Waals surface area contributed by atoms with Crippen molar-refractivity contribution >= 4 is 5.91 Å². The predicted molar refractivity (Wildman–Crippen MR) is 69.5 cm³/mol. The van der Waals surface area contributed by atoms with Gasteiger partial charge in [-0.25, -0.2) is 0 Å². The lowest BCUT2D eigenvalue weighted by molar-refractivity contribution is -0.122. The smallest absolute Gasteiger partial charge is 0.236 e. The molecule has 0 aliphatic heterocycles. The van der Waals surface area contributed by atoms with Crippen LogP contribution in [0.3, 0.4) is 0 Å². The molecular weight excluding hydrogens is 200 g/mol. The van der Waals surface area contributed by atoms with Crippen molar-refractivity contribution in [3.05, 3.63) is 0 Å². The molecule has 0 aromatic rings. The summed E-state index contributed by atoms with van der Waals surface area (Å²) in [4.78, 5) is 11.6. The van der Waals surface area contributed by atoms with Gasteiger partial charge in [-0.15, -0.1) is 0 Å². The second kappa shape index (κ2) is 9.64. The summed E-state index contributed by atoms with van der Waals surface area (Å²) >= 11 is 0. The van der Waals surface area contributed by atoms with Gasteiger partial charge in [0.05, 0.1) is 6.04 Å². The minimum atomic E-state index is -0.0657. The largest absolute Gasteiger partial charge is 0.355 e. The SMILES string of the molecule is CCCCNC(=O)C(C)NCCCC(C)C. The summed E-state index contributed by atoms with van der Waals surface area (Å²) in [7, 11) is 0. The first-order valence-electron chi connectivity index (χ1n) is 6.59. The summed E-state index contributed by atoms with van der Waals surface area (Å²) in [6.45, 7) is 10.2. The van der Waals surface area contributed by atoms with Crippen LogP contribution in [0, 0.1) is 5.92 Å². The highest BCUT2D eigenvalue weighted by Gasteiger charge is 2.10. The minimum Gasteiger partial charge on any atom is -0.355 e. The highest BCUT2D eigenvalue weighted by molar-refractivity contribution is 5.81. The number of hydrogen-bond acceptors (Lipinski definition) is 2. The van der Waals surface area contributed by atoms with E-state index in [1.54, 1.807) is 0 Å². The molecule has 0 saturated carbocycles. The molecular formula is C13H28N2O. The minimum absolute atomic E-state index is 0.0657. The van der Waals surface area contributed by atoms with Crippen LogP contribution < -0.4 is 10.6 Å². The molecule has 1 amide bonds. The standard InChI is InChI=1S/C13H28N2O/c1-5-6-9-15-13(16)12(4)14-10-7-8-11(2)3/h11-12,14H,5-10H2,1-4H3,(H,15,16). The molecule has 0 aliphatic carbocycles. The molecule has 3 nitrogen and oxygen atoms in total. The van der Waals surface area contributed by atoms with Crippen LogP contribution >= 0.6 is 0 Å². The number of nitrogens with one attached hydrogen (secondary N) is 2. The zero-order valence-electron chi connectivity index (χ0n) is 11.3. The van der Waals surface area contributed by atoms with Crippen molar-refractivity contribution < 1.29 is 4.79 Å². The normalized spacial score (nSPS) is 12.8. The third-order valence-electron chi connectivity index (χ3n) is 2.63. The lowest BCUT2D eigenvalue weighted by atomic mass is 10.1. The van der Waals surface area contributed by atoms with Crippen LogP contribution in [0.1, 0.15) is 53.4 Å². The van der Waals surface area contributed by atoms with E-state index in [0.29, 0.717) is 0 Å². The summed E-state index contributed by atoms with van der Waals surface area (Å²) in [6.07, 6.45) is 4.55. The average Bonchev–Trinajstić information content (AvgIpc) is 2.24. The van der Waals surface area contributed by atoms with Crippen LogP contribution in [-0.4, -0.2) is 25.0 Å². The van der Waals surface area contributed by atoms with Gasteiger partial charge in [0.15, 0.2) is 0 Å². The Morgan fingerprint density at radius 1 is 1.12 bits per heavy atom. The van der Waals surface area contributed by atoms with Crippen molar-refractivity contribution in [1.82, 2.24) is 10.6 Å². The molecule has 3 heteroatoms. The van der Waals surface area contributed by atoms with Crippen LogP contribution in [0.25, 0.3) is 0 Å². The fraction of sp³-hybridized carbons (Fsp3) is 0.923. The maximum Gasteiger partial charge on any atom is 0.236 e. The Morgan fingerprint density at radius 3 is 2.38 bits per heavy atom. The van der Waals surface area contributed by atoms with Gasteiger partial charge in [0.1, 0.15) is 0 Å². The zero-order chi connectivity index (χ0) is 12.4. The molecule has 0 radical (unpaired) electrons. The van der Waals surface area contributed by atoms with Crippen molar-refractivity contribution in [2.75, 3.05) is 13.1 Å². The van der Waals surface area contributed by atoms with Crippen molar-refractivity contribution in [3.63, 3.8) is 0 Å². The first kappa shape index (κ1) is 15.4. The fourth-order valence-corrected chi connectivity index (χ4v) is 1.46. The monoisotopic (exact) mass is 228 g/mol. The van der Waals surface area contributed by atoms with Gasteiger partial charge in [0, 0.05) is 6.54 Å². The molecule has 0 rings (SSSR count). The molecule has 1 atom stereocenters. The second-order valence-corrected chi connectivity index (χ2v) is 4.86. The number of carbonyl (C=O) groups is 1. The van der Waals surface area contributed by atoms with E-state index in [1.807, 2.05) is 6.92 Å². The molecule has 1 unspecified atom stereocenters. The van der Waals surface area contributed by atoms with E-state index in [2.05, 4.69) is 31.4 Å². The lowest BCUT2D eigenvalue weighted by Crippen LogP contribution is -2.42.